The number of fused-ring (bicyclic) bond motifs is 1. The van der Waals surface area contributed by atoms with E-state index in [9.17, 15) is 9.59 Å². The fourth-order valence-corrected chi connectivity index (χ4v) is 5.33. The van der Waals surface area contributed by atoms with Crippen molar-refractivity contribution in [3.63, 3.8) is 0 Å². The molecule has 9 heteroatoms. The lowest BCUT2D eigenvalue weighted by Gasteiger charge is -2.16. The van der Waals surface area contributed by atoms with Crippen LogP contribution in [0.3, 0.4) is 0 Å². The Morgan fingerprint density at radius 3 is 2.79 bits per heavy atom. The number of carbonyl (C=O) groups is 1. The van der Waals surface area contributed by atoms with E-state index in [2.05, 4.69) is 15.2 Å². The number of benzene rings is 2. The second-order valence-electron chi connectivity index (χ2n) is 8.90. The average molecular weight is 464 g/mol. The monoisotopic (exact) mass is 463 g/mol. The van der Waals surface area contributed by atoms with Gasteiger partial charge in [-0.15, -0.1) is 11.3 Å². The maximum atomic E-state index is 15.2. The molecule has 3 heterocycles. The molecule has 1 amide bonds. The largest absolute Gasteiger partial charge is 0.348 e. The van der Waals surface area contributed by atoms with Gasteiger partial charge in [-0.1, -0.05) is 12.1 Å². The summed E-state index contributed by atoms with van der Waals surface area (Å²) >= 11 is 1.56. The van der Waals surface area contributed by atoms with Gasteiger partial charge in [0.05, 0.1) is 21.4 Å². The van der Waals surface area contributed by atoms with Crippen LogP contribution < -0.4 is 5.69 Å². The number of hydrogen-bond acceptors (Lipinski definition) is 5. The van der Waals surface area contributed by atoms with Gasteiger partial charge in [-0.25, -0.2) is 23.8 Å². The number of nitrogens with zero attached hydrogens (tertiary/aromatic N) is 4. The first-order valence-corrected chi connectivity index (χ1v) is 12.0. The molecule has 1 saturated carbocycles. The minimum absolute atomic E-state index is 0.172. The van der Waals surface area contributed by atoms with Crippen LogP contribution in [0.4, 0.5) is 4.39 Å². The molecule has 7 nitrogen and oxygen atoms in total. The molecule has 0 spiro atoms. The molecule has 33 heavy (non-hydrogen) atoms. The Bertz CT molecular complexity index is 1420. The van der Waals surface area contributed by atoms with Crippen LogP contribution in [-0.2, 0) is 11.2 Å². The molecule has 1 saturated heterocycles. The normalized spacial score (nSPS) is 18.3. The van der Waals surface area contributed by atoms with E-state index in [-0.39, 0.29) is 23.4 Å². The summed E-state index contributed by atoms with van der Waals surface area (Å²) in [5, 5.41) is 6.64. The van der Waals surface area contributed by atoms with Crippen molar-refractivity contribution < 1.29 is 9.18 Å². The third kappa shape index (κ3) is 3.76. The van der Waals surface area contributed by atoms with Crippen LogP contribution in [0.5, 0.6) is 0 Å². The molecule has 1 unspecified atom stereocenters. The summed E-state index contributed by atoms with van der Waals surface area (Å²) in [4.78, 5) is 31.1. The highest BCUT2D eigenvalue weighted by atomic mass is 32.1. The van der Waals surface area contributed by atoms with Gasteiger partial charge in [0.1, 0.15) is 11.6 Å². The average Bonchev–Trinajstić information content (AvgIpc) is 3.21. The van der Waals surface area contributed by atoms with Crippen molar-refractivity contribution in [3.05, 3.63) is 64.0 Å². The van der Waals surface area contributed by atoms with Crippen LogP contribution in [0.2, 0.25) is 0 Å². The minimum atomic E-state index is -0.493. The fourth-order valence-electron chi connectivity index (χ4n) is 4.67. The van der Waals surface area contributed by atoms with E-state index < -0.39 is 11.5 Å². The fraction of sp³-hybridized carbons (Fsp3) is 0.333. The number of H-pyrrole nitrogens is 1. The quantitative estimate of drug-likeness (QED) is 0.488. The number of carbonyl (C=O) groups excluding carboxylic acids is 1. The number of aromatic nitrogens is 4. The SMILES string of the molecule is O=C(C1CC1)N1CCC(Cc2n[nH]c(=O)n2-c2ccc(-c3ccc4scnc4c3)cc2F)C1. The second kappa shape index (κ2) is 7.91. The number of thiazole rings is 1. The molecular formula is C24H22FN5O2S. The van der Waals surface area contributed by atoms with E-state index in [0.717, 1.165) is 41.6 Å². The Labute approximate surface area is 192 Å². The number of aromatic amines is 1. The molecule has 2 aliphatic rings. The Hall–Kier alpha value is -3.33. The minimum Gasteiger partial charge on any atom is -0.342 e. The van der Waals surface area contributed by atoms with Crippen LogP contribution in [0, 0.1) is 17.7 Å². The van der Waals surface area contributed by atoms with Crippen molar-refractivity contribution in [2.24, 2.45) is 11.8 Å². The van der Waals surface area contributed by atoms with E-state index in [4.69, 9.17) is 0 Å². The summed E-state index contributed by atoms with van der Waals surface area (Å²) in [6, 6.07) is 10.7. The summed E-state index contributed by atoms with van der Waals surface area (Å²) < 4.78 is 17.6. The lowest BCUT2D eigenvalue weighted by atomic mass is 10.0. The highest BCUT2D eigenvalue weighted by Gasteiger charge is 2.37. The van der Waals surface area contributed by atoms with Crippen molar-refractivity contribution in [2.75, 3.05) is 13.1 Å². The number of nitrogens with one attached hydrogen (secondary N) is 1. The molecule has 1 N–H and O–H groups in total. The first-order valence-electron chi connectivity index (χ1n) is 11.2. The van der Waals surface area contributed by atoms with Crippen LogP contribution in [0.15, 0.2) is 46.7 Å². The van der Waals surface area contributed by atoms with Gasteiger partial charge in [-0.05, 0) is 60.6 Å². The third-order valence-electron chi connectivity index (χ3n) is 6.59. The lowest BCUT2D eigenvalue weighted by Crippen LogP contribution is -2.30. The van der Waals surface area contributed by atoms with E-state index in [1.807, 2.05) is 23.1 Å². The molecule has 6 rings (SSSR count). The summed E-state index contributed by atoms with van der Waals surface area (Å²) in [6.07, 6.45) is 3.35. The lowest BCUT2D eigenvalue weighted by molar-refractivity contribution is -0.131. The molecule has 168 valence electrons. The Morgan fingerprint density at radius 1 is 1.15 bits per heavy atom. The summed E-state index contributed by atoms with van der Waals surface area (Å²) in [6.45, 7) is 1.40. The van der Waals surface area contributed by atoms with Gasteiger partial charge in [0.2, 0.25) is 5.91 Å². The van der Waals surface area contributed by atoms with Crippen LogP contribution in [0.1, 0.15) is 25.1 Å². The van der Waals surface area contributed by atoms with Crippen molar-refractivity contribution >= 4 is 27.5 Å². The number of amides is 1. The predicted molar refractivity (Wildman–Crippen MR) is 124 cm³/mol. The van der Waals surface area contributed by atoms with Crippen LogP contribution in [0.25, 0.3) is 27.0 Å². The topological polar surface area (TPSA) is 83.9 Å². The maximum Gasteiger partial charge on any atom is 0.348 e. The Morgan fingerprint density at radius 2 is 1.97 bits per heavy atom. The van der Waals surface area contributed by atoms with Gasteiger partial charge in [0, 0.05) is 25.4 Å². The van der Waals surface area contributed by atoms with E-state index in [0.29, 0.717) is 24.4 Å². The first-order chi connectivity index (χ1) is 16.1. The van der Waals surface area contributed by atoms with Gasteiger partial charge in [-0.3, -0.25) is 4.79 Å². The van der Waals surface area contributed by atoms with Crippen molar-refractivity contribution in [3.8, 4) is 16.8 Å². The second-order valence-corrected chi connectivity index (χ2v) is 9.79. The summed E-state index contributed by atoms with van der Waals surface area (Å²) in [5.41, 5.74) is 3.95. The molecule has 4 aromatic rings. The van der Waals surface area contributed by atoms with E-state index in [1.54, 1.807) is 29.0 Å². The summed E-state index contributed by atoms with van der Waals surface area (Å²) in [5.74, 6) is 0.646. The van der Waals surface area contributed by atoms with E-state index in [1.165, 1.54) is 10.6 Å². The van der Waals surface area contributed by atoms with Crippen molar-refractivity contribution in [1.82, 2.24) is 24.6 Å². The molecule has 2 aromatic carbocycles. The van der Waals surface area contributed by atoms with Crippen molar-refractivity contribution in [2.45, 2.75) is 25.7 Å². The van der Waals surface area contributed by atoms with Gasteiger partial charge in [0.15, 0.2) is 0 Å². The number of hydrogen-bond donors (Lipinski definition) is 1. The van der Waals surface area contributed by atoms with Crippen LogP contribution >= 0.6 is 11.3 Å². The number of likely N-dealkylation sites (tertiary alicyclic amines) is 1. The summed E-state index contributed by atoms with van der Waals surface area (Å²) in [7, 11) is 0. The van der Waals surface area contributed by atoms with Crippen molar-refractivity contribution in [1.29, 1.82) is 0 Å². The van der Waals surface area contributed by atoms with Gasteiger partial charge in [0.25, 0.3) is 0 Å². The zero-order valence-electron chi connectivity index (χ0n) is 17.8. The van der Waals surface area contributed by atoms with Gasteiger partial charge >= 0.3 is 5.69 Å². The highest BCUT2D eigenvalue weighted by Crippen LogP contribution is 2.33. The number of rotatable bonds is 5. The van der Waals surface area contributed by atoms with E-state index >= 15 is 4.39 Å². The maximum absolute atomic E-state index is 15.2. The third-order valence-corrected chi connectivity index (χ3v) is 7.40. The zero-order valence-corrected chi connectivity index (χ0v) is 18.6. The predicted octanol–water partition coefficient (Wildman–Crippen LogP) is 3.78. The molecule has 0 bridgehead atoms. The Balaban J connectivity index is 1.26. The zero-order chi connectivity index (χ0) is 22.5. The molecule has 2 fully saturated rings. The van der Waals surface area contributed by atoms with Gasteiger partial charge in [-0.2, -0.15) is 5.10 Å². The Kier molecular flexibility index (Phi) is 4.86. The molecule has 1 aliphatic carbocycles. The van der Waals surface area contributed by atoms with Crippen LogP contribution in [-0.4, -0.2) is 43.6 Å². The standard InChI is InChI=1S/C24H22FN5O2S/c25-18-10-16(17-4-6-21-19(11-17)26-13-33-21)3-5-20(18)30-22(27-28-24(30)32)9-14-7-8-29(12-14)23(31)15-1-2-15/h3-6,10-11,13-15H,1-2,7-9,12H2,(H,28,32). The highest BCUT2D eigenvalue weighted by molar-refractivity contribution is 7.16. The van der Waals surface area contributed by atoms with Gasteiger partial charge < -0.3 is 4.90 Å². The molecule has 1 atom stereocenters. The smallest absolute Gasteiger partial charge is 0.342 e. The molecule has 1 aliphatic heterocycles. The molecular weight excluding hydrogens is 441 g/mol. The first kappa shape index (κ1) is 20.3. The number of halogens is 1. The molecule has 0 radical (unpaired) electrons. The molecule has 2 aromatic heterocycles.